The van der Waals surface area contributed by atoms with Gasteiger partial charge in [0, 0.05) is 0 Å². The second-order valence-electron chi connectivity index (χ2n) is 5.64. The maximum atomic E-state index is 12.1. The molecule has 0 spiro atoms. The van der Waals surface area contributed by atoms with Crippen molar-refractivity contribution in [1.82, 2.24) is 0 Å². The van der Waals surface area contributed by atoms with Crippen LogP contribution in [-0.2, 0) is 11.2 Å². The summed E-state index contributed by atoms with van der Waals surface area (Å²) in [6.45, 7) is 4.00. The SMILES string of the molecule is CCCC(C)Cc1c(O)c2c(C(=O)OC)c(O)ccc2oc1=O. The first-order valence-electron chi connectivity index (χ1n) is 7.49. The van der Waals surface area contributed by atoms with Gasteiger partial charge in [0.2, 0.25) is 0 Å². The molecule has 23 heavy (non-hydrogen) atoms. The molecular formula is C17H20O6. The number of methoxy groups -OCH3 is 1. The summed E-state index contributed by atoms with van der Waals surface area (Å²) in [6, 6.07) is 2.55. The van der Waals surface area contributed by atoms with Gasteiger partial charge in [0.1, 0.15) is 22.6 Å². The molecule has 1 aromatic carbocycles. The van der Waals surface area contributed by atoms with E-state index in [-0.39, 0.29) is 39.5 Å². The average Bonchev–Trinajstić information content (AvgIpc) is 2.51. The van der Waals surface area contributed by atoms with Gasteiger partial charge in [-0.05, 0) is 24.5 Å². The third-order valence-corrected chi connectivity index (χ3v) is 3.84. The van der Waals surface area contributed by atoms with E-state index < -0.39 is 11.6 Å². The van der Waals surface area contributed by atoms with Crippen LogP contribution in [0.15, 0.2) is 21.3 Å². The lowest BCUT2D eigenvalue weighted by atomic mass is 9.95. The number of ether oxygens (including phenoxy) is 1. The minimum absolute atomic E-state index is 0.00449. The van der Waals surface area contributed by atoms with Gasteiger partial charge in [-0.3, -0.25) is 0 Å². The van der Waals surface area contributed by atoms with E-state index >= 15 is 0 Å². The second kappa shape index (κ2) is 6.73. The molecule has 1 unspecified atom stereocenters. The zero-order valence-corrected chi connectivity index (χ0v) is 13.4. The Morgan fingerprint density at radius 2 is 2.04 bits per heavy atom. The van der Waals surface area contributed by atoms with Crippen molar-refractivity contribution in [3.63, 3.8) is 0 Å². The molecule has 0 aliphatic rings. The maximum absolute atomic E-state index is 12.1. The molecule has 6 nitrogen and oxygen atoms in total. The first-order chi connectivity index (χ1) is 10.9. The molecule has 0 fully saturated rings. The number of hydrogen-bond acceptors (Lipinski definition) is 6. The second-order valence-corrected chi connectivity index (χ2v) is 5.64. The zero-order chi connectivity index (χ0) is 17.1. The predicted molar refractivity (Wildman–Crippen MR) is 84.9 cm³/mol. The Bertz CT molecular complexity index is 790. The fraction of sp³-hybridized carbons (Fsp3) is 0.412. The molecule has 6 heteroatoms. The Hall–Kier alpha value is -2.50. The number of hydrogen-bond donors (Lipinski definition) is 2. The van der Waals surface area contributed by atoms with Crippen molar-refractivity contribution in [2.24, 2.45) is 5.92 Å². The van der Waals surface area contributed by atoms with E-state index in [1.165, 1.54) is 19.2 Å². The van der Waals surface area contributed by atoms with Gasteiger partial charge in [-0.1, -0.05) is 26.7 Å². The van der Waals surface area contributed by atoms with Crippen LogP contribution >= 0.6 is 0 Å². The van der Waals surface area contributed by atoms with Crippen molar-refractivity contribution < 1.29 is 24.2 Å². The molecule has 0 saturated carbocycles. The van der Waals surface area contributed by atoms with E-state index in [1.54, 1.807) is 0 Å². The minimum Gasteiger partial charge on any atom is -0.507 e. The van der Waals surface area contributed by atoms with Gasteiger partial charge in [-0.25, -0.2) is 9.59 Å². The van der Waals surface area contributed by atoms with E-state index in [0.29, 0.717) is 6.42 Å². The maximum Gasteiger partial charge on any atom is 0.343 e. The van der Waals surface area contributed by atoms with Crippen LogP contribution in [0.25, 0.3) is 11.0 Å². The minimum atomic E-state index is -0.815. The summed E-state index contributed by atoms with van der Waals surface area (Å²) in [5, 5.41) is 20.4. The average molecular weight is 320 g/mol. The van der Waals surface area contributed by atoms with Crippen molar-refractivity contribution >= 4 is 16.9 Å². The summed E-state index contributed by atoms with van der Waals surface area (Å²) in [4.78, 5) is 24.0. The normalized spacial score (nSPS) is 12.3. The van der Waals surface area contributed by atoms with Crippen LogP contribution in [0.1, 0.15) is 42.6 Å². The van der Waals surface area contributed by atoms with Crippen molar-refractivity contribution in [1.29, 1.82) is 0 Å². The Labute approximate surface area is 133 Å². The van der Waals surface area contributed by atoms with Crippen molar-refractivity contribution in [2.45, 2.75) is 33.1 Å². The van der Waals surface area contributed by atoms with Crippen LogP contribution in [0.3, 0.4) is 0 Å². The monoisotopic (exact) mass is 320 g/mol. The van der Waals surface area contributed by atoms with Crippen molar-refractivity contribution in [3.05, 3.63) is 33.7 Å². The molecule has 0 amide bonds. The van der Waals surface area contributed by atoms with Crippen LogP contribution in [0.4, 0.5) is 0 Å². The van der Waals surface area contributed by atoms with E-state index in [4.69, 9.17) is 4.42 Å². The number of benzene rings is 1. The highest BCUT2D eigenvalue weighted by Gasteiger charge is 2.24. The Kier molecular flexibility index (Phi) is 4.93. The predicted octanol–water partition coefficient (Wildman–Crippen LogP) is 2.97. The molecule has 0 bridgehead atoms. The van der Waals surface area contributed by atoms with Gasteiger partial charge < -0.3 is 19.4 Å². The summed E-state index contributed by atoms with van der Waals surface area (Å²) < 4.78 is 9.85. The summed E-state index contributed by atoms with van der Waals surface area (Å²) in [7, 11) is 1.17. The smallest absolute Gasteiger partial charge is 0.343 e. The molecule has 1 heterocycles. The Morgan fingerprint density at radius 3 is 2.65 bits per heavy atom. The highest BCUT2D eigenvalue weighted by atomic mass is 16.5. The molecule has 0 radical (unpaired) electrons. The lowest BCUT2D eigenvalue weighted by molar-refractivity contribution is 0.0599. The van der Waals surface area contributed by atoms with Gasteiger partial charge in [-0.2, -0.15) is 0 Å². The fourth-order valence-corrected chi connectivity index (χ4v) is 2.73. The van der Waals surface area contributed by atoms with E-state index in [1.807, 2.05) is 13.8 Å². The summed E-state index contributed by atoms with van der Waals surface area (Å²) >= 11 is 0. The van der Waals surface area contributed by atoms with Gasteiger partial charge in [0.25, 0.3) is 0 Å². The summed E-state index contributed by atoms with van der Waals surface area (Å²) in [5.41, 5.74) is -0.720. The number of rotatable bonds is 5. The standard InChI is InChI=1S/C17H20O6/c1-4-5-9(2)8-10-15(19)14-12(23-16(10)20)7-6-11(18)13(14)17(21)22-3/h6-7,9,18-19H,4-5,8H2,1-3H3. The molecule has 124 valence electrons. The van der Waals surface area contributed by atoms with Crippen LogP contribution in [-0.4, -0.2) is 23.3 Å². The molecule has 0 aliphatic carbocycles. The Balaban J connectivity index is 2.72. The molecule has 2 N–H and O–H groups in total. The quantitative estimate of drug-likeness (QED) is 0.649. The van der Waals surface area contributed by atoms with E-state index in [0.717, 1.165) is 12.8 Å². The molecule has 1 atom stereocenters. The number of phenols is 1. The molecule has 2 rings (SSSR count). The van der Waals surface area contributed by atoms with Crippen molar-refractivity contribution in [2.75, 3.05) is 7.11 Å². The van der Waals surface area contributed by atoms with Crippen molar-refractivity contribution in [3.8, 4) is 11.5 Å². The molecule has 0 saturated heterocycles. The lowest BCUT2D eigenvalue weighted by Crippen LogP contribution is -2.13. The Morgan fingerprint density at radius 1 is 1.35 bits per heavy atom. The first-order valence-corrected chi connectivity index (χ1v) is 7.49. The lowest BCUT2D eigenvalue weighted by Gasteiger charge is -2.13. The number of esters is 1. The molecule has 0 aliphatic heterocycles. The van der Waals surface area contributed by atoms with Crippen LogP contribution < -0.4 is 5.63 Å². The van der Waals surface area contributed by atoms with Crippen LogP contribution in [0.2, 0.25) is 0 Å². The fourth-order valence-electron chi connectivity index (χ4n) is 2.73. The number of carbonyl (C=O) groups is 1. The number of fused-ring (bicyclic) bond motifs is 1. The van der Waals surface area contributed by atoms with E-state index in [2.05, 4.69) is 4.74 Å². The number of carbonyl (C=O) groups excluding carboxylic acids is 1. The third kappa shape index (κ3) is 3.16. The van der Waals surface area contributed by atoms with Crippen LogP contribution in [0, 0.1) is 5.92 Å². The van der Waals surface area contributed by atoms with Gasteiger partial charge in [-0.15, -0.1) is 0 Å². The third-order valence-electron chi connectivity index (χ3n) is 3.84. The van der Waals surface area contributed by atoms with Gasteiger partial charge >= 0.3 is 11.6 Å². The highest BCUT2D eigenvalue weighted by Crippen LogP contribution is 2.35. The highest BCUT2D eigenvalue weighted by molar-refractivity contribution is 6.08. The molecule has 1 aromatic heterocycles. The first kappa shape index (κ1) is 16.9. The number of phenolic OH excluding ortho intramolecular Hbond substituents is 1. The molecule has 2 aromatic rings. The van der Waals surface area contributed by atoms with Gasteiger partial charge in [0.05, 0.1) is 18.1 Å². The summed E-state index contributed by atoms with van der Waals surface area (Å²) in [5.74, 6) is -1.33. The van der Waals surface area contributed by atoms with Gasteiger partial charge in [0.15, 0.2) is 0 Å². The summed E-state index contributed by atoms with van der Waals surface area (Å²) in [6.07, 6.45) is 2.17. The van der Waals surface area contributed by atoms with Crippen LogP contribution in [0.5, 0.6) is 11.5 Å². The topological polar surface area (TPSA) is 97.0 Å². The zero-order valence-electron chi connectivity index (χ0n) is 13.4. The molecular weight excluding hydrogens is 300 g/mol. The largest absolute Gasteiger partial charge is 0.507 e. The van der Waals surface area contributed by atoms with E-state index in [9.17, 15) is 19.8 Å². The number of aromatic hydroxyl groups is 2.